The van der Waals surface area contributed by atoms with Gasteiger partial charge in [-0.05, 0) is 30.5 Å². The Bertz CT molecular complexity index is 989. The van der Waals surface area contributed by atoms with Gasteiger partial charge in [0.25, 0.3) is 0 Å². The molecule has 0 unspecified atom stereocenters. The molecule has 0 saturated heterocycles. The van der Waals surface area contributed by atoms with Crippen LogP contribution in [-0.2, 0) is 11.8 Å². The molecule has 4 nitrogen and oxygen atoms in total. The van der Waals surface area contributed by atoms with E-state index in [1.54, 1.807) is 6.08 Å². The van der Waals surface area contributed by atoms with Gasteiger partial charge in [0.1, 0.15) is 6.26 Å². The first-order valence-electron chi connectivity index (χ1n) is 7.62. The lowest BCUT2D eigenvalue weighted by Crippen LogP contribution is -2.35. The topological polar surface area (TPSA) is 64.3 Å². The van der Waals surface area contributed by atoms with Gasteiger partial charge in [-0.2, -0.15) is 0 Å². The van der Waals surface area contributed by atoms with Gasteiger partial charge in [-0.3, -0.25) is 14.4 Å². The number of furan rings is 1. The van der Waals surface area contributed by atoms with Crippen molar-refractivity contribution in [2.45, 2.75) is 25.2 Å². The maximum absolute atomic E-state index is 13.0. The Morgan fingerprint density at radius 1 is 1.09 bits per heavy atom. The molecule has 0 saturated carbocycles. The molecule has 0 amide bonds. The fourth-order valence-corrected chi connectivity index (χ4v) is 4.21. The molecule has 5 rings (SSSR count). The Hall–Kier alpha value is -2.75. The van der Waals surface area contributed by atoms with Crippen molar-refractivity contribution in [3.8, 4) is 0 Å². The second kappa shape index (κ2) is 3.77. The smallest absolute Gasteiger partial charge is 0.229 e. The fourth-order valence-electron chi connectivity index (χ4n) is 4.21. The monoisotopic (exact) mass is 304 g/mol. The predicted molar refractivity (Wildman–Crippen MR) is 81.2 cm³/mol. The van der Waals surface area contributed by atoms with Crippen LogP contribution in [0.2, 0.25) is 0 Å². The normalized spacial score (nSPS) is 23.8. The zero-order valence-electron chi connectivity index (χ0n) is 12.4. The van der Waals surface area contributed by atoms with Crippen LogP contribution < -0.4 is 0 Å². The molecule has 1 heterocycles. The number of hydrogen-bond acceptors (Lipinski definition) is 4. The third kappa shape index (κ3) is 1.31. The minimum absolute atomic E-state index is 0.0843. The second-order valence-corrected chi connectivity index (χ2v) is 6.52. The van der Waals surface area contributed by atoms with Crippen molar-refractivity contribution in [1.82, 2.24) is 0 Å². The molecule has 3 aliphatic rings. The van der Waals surface area contributed by atoms with Crippen molar-refractivity contribution >= 4 is 17.3 Å². The highest BCUT2D eigenvalue weighted by atomic mass is 16.3. The number of rotatable bonds is 0. The number of carbonyl (C=O) groups excluding carboxylic acids is 3. The third-order valence-corrected chi connectivity index (χ3v) is 5.35. The molecular weight excluding hydrogens is 292 g/mol. The molecule has 1 atom stereocenters. The van der Waals surface area contributed by atoms with Crippen molar-refractivity contribution in [2.75, 3.05) is 0 Å². The summed E-state index contributed by atoms with van der Waals surface area (Å²) < 4.78 is 5.48. The number of Topliss-reactive ketones (excluding diaryl/α,β-unsaturated/α-hetero) is 1. The van der Waals surface area contributed by atoms with Crippen molar-refractivity contribution in [3.05, 3.63) is 69.7 Å². The third-order valence-electron chi connectivity index (χ3n) is 5.35. The van der Waals surface area contributed by atoms with Crippen LogP contribution in [0.15, 0.2) is 35.0 Å². The minimum Gasteiger partial charge on any atom is -0.460 e. The Morgan fingerprint density at radius 2 is 1.91 bits per heavy atom. The van der Waals surface area contributed by atoms with Gasteiger partial charge in [-0.15, -0.1) is 0 Å². The van der Waals surface area contributed by atoms with E-state index in [2.05, 4.69) is 0 Å². The number of carbonyl (C=O) groups is 3. The summed E-state index contributed by atoms with van der Waals surface area (Å²) in [6.45, 7) is 1.99. The molecule has 0 N–H and O–H groups in total. The number of hydrogen-bond donors (Lipinski definition) is 0. The summed E-state index contributed by atoms with van der Waals surface area (Å²) in [5, 5.41) is 0. The highest BCUT2D eigenvalue weighted by Gasteiger charge is 2.47. The lowest BCUT2D eigenvalue weighted by Gasteiger charge is -2.35. The highest BCUT2D eigenvalue weighted by molar-refractivity contribution is 6.18. The Kier molecular flexibility index (Phi) is 2.09. The van der Waals surface area contributed by atoms with Crippen molar-refractivity contribution in [1.29, 1.82) is 0 Å². The average Bonchev–Trinajstić information content (AvgIpc) is 3.15. The zero-order valence-corrected chi connectivity index (χ0v) is 12.4. The van der Waals surface area contributed by atoms with Gasteiger partial charge in [0.15, 0.2) is 17.3 Å². The van der Waals surface area contributed by atoms with Crippen LogP contribution in [-0.4, -0.2) is 17.3 Å². The van der Waals surface area contributed by atoms with Crippen LogP contribution in [0.4, 0.5) is 0 Å². The molecule has 23 heavy (non-hydrogen) atoms. The van der Waals surface area contributed by atoms with E-state index in [0.29, 0.717) is 35.1 Å². The fraction of sp³-hybridized carbons (Fsp3) is 0.211. The van der Waals surface area contributed by atoms with Crippen LogP contribution in [0.25, 0.3) is 0 Å². The van der Waals surface area contributed by atoms with E-state index in [1.807, 2.05) is 25.1 Å². The van der Waals surface area contributed by atoms with Crippen LogP contribution in [0.5, 0.6) is 0 Å². The molecule has 0 radical (unpaired) electrons. The summed E-state index contributed by atoms with van der Waals surface area (Å²) in [5.41, 5.74) is 3.46. The van der Waals surface area contributed by atoms with Gasteiger partial charge >= 0.3 is 0 Å². The summed E-state index contributed by atoms with van der Waals surface area (Å²) in [6.07, 6.45) is 5.79. The van der Waals surface area contributed by atoms with Gasteiger partial charge in [0, 0.05) is 28.5 Å². The molecule has 112 valence electrons. The molecule has 4 heteroatoms. The maximum Gasteiger partial charge on any atom is 0.229 e. The average molecular weight is 304 g/mol. The van der Waals surface area contributed by atoms with E-state index in [1.165, 1.54) is 6.26 Å². The summed E-state index contributed by atoms with van der Waals surface area (Å²) in [5.74, 6) is -0.0325. The number of benzene rings is 1. The Balaban J connectivity index is 1.91. The SMILES string of the molecule is C[C@]12C=CC(=O)c3coc(c31)C(=O)c1c2ccc2c1CCC2=O. The van der Waals surface area contributed by atoms with Gasteiger partial charge in [0.05, 0.1) is 5.56 Å². The number of fused-ring (bicyclic) bond motifs is 4. The van der Waals surface area contributed by atoms with Gasteiger partial charge < -0.3 is 4.42 Å². The largest absolute Gasteiger partial charge is 0.460 e. The quantitative estimate of drug-likeness (QED) is 0.750. The van der Waals surface area contributed by atoms with E-state index in [9.17, 15) is 14.4 Å². The molecule has 0 spiro atoms. The summed E-state index contributed by atoms with van der Waals surface area (Å²) >= 11 is 0. The van der Waals surface area contributed by atoms with Crippen molar-refractivity contribution in [2.24, 2.45) is 0 Å². The van der Waals surface area contributed by atoms with E-state index in [-0.39, 0.29) is 23.1 Å². The van der Waals surface area contributed by atoms with E-state index >= 15 is 0 Å². The molecule has 0 fully saturated rings. The van der Waals surface area contributed by atoms with E-state index in [0.717, 1.165) is 11.1 Å². The van der Waals surface area contributed by atoms with Gasteiger partial charge in [-0.25, -0.2) is 0 Å². The minimum atomic E-state index is -0.574. The summed E-state index contributed by atoms with van der Waals surface area (Å²) in [7, 11) is 0. The van der Waals surface area contributed by atoms with E-state index in [4.69, 9.17) is 4.42 Å². The first kappa shape index (κ1) is 12.8. The standard InChI is InChI=1S/C19H12O4/c1-19-7-6-14(21)11-8-23-18(16(11)19)17(22)15-10-3-5-13(20)9(10)2-4-12(15)19/h2,4,6-8H,3,5H2,1H3/t19-/m1/s1. The van der Waals surface area contributed by atoms with Crippen LogP contribution in [0.1, 0.15) is 66.9 Å². The number of allylic oxidation sites excluding steroid dienone is 2. The molecular formula is C19H12O4. The van der Waals surface area contributed by atoms with Gasteiger partial charge in [-0.1, -0.05) is 18.2 Å². The predicted octanol–water partition coefficient (Wildman–Crippen LogP) is 3.01. The molecule has 1 aromatic carbocycles. The van der Waals surface area contributed by atoms with Crippen LogP contribution in [0, 0.1) is 0 Å². The molecule has 2 aromatic rings. The second-order valence-electron chi connectivity index (χ2n) is 6.52. The highest BCUT2D eigenvalue weighted by Crippen LogP contribution is 2.49. The van der Waals surface area contributed by atoms with Gasteiger partial charge in [0.2, 0.25) is 5.78 Å². The first-order chi connectivity index (χ1) is 11.0. The van der Waals surface area contributed by atoms with E-state index < -0.39 is 5.41 Å². The molecule has 1 aromatic heterocycles. The van der Waals surface area contributed by atoms with Crippen LogP contribution >= 0.6 is 0 Å². The molecule has 3 aliphatic carbocycles. The Morgan fingerprint density at radius 3 is 2.74 bits per heavy atom. The van der Waals surface area contributed by atoms with Crippen molar-refractivity contribution in [3.63, 3.8) is 0 Å². The Labute approximate surface area is 131 Å². The van der Waals surface area contributed by atoms with Crippen LogP contribution in [0.3, 0.4) is 0 Å². The number of ketones is 3. The zero-order chi connectivity index (χ0) is 15.9. The first-order valence-corrected chi connectivity index (χ1v) is 7.62. The summed E-state index contributed by atoms with van der Waals surface area (Å²) in [4.78, 5) is 37.1. The lowest BCUT2D eigenvalue weighted by molar-refractivity contribution is 0.0990. The lowest BCUT2D eigenvalue weighted by atomic mass is 9.65. The molecule has 0 aliphatic heterocycles. The maximum atomic E-state index is 13.0. The summed E-state index contributed by atoms with van der Waals surface area (Å²) in [6, 6.07) is 3.67. The molecule has 0 bridgehead atoms. The van der Waals surface area contributed by atoms with Crippen molar-refractivity contribution < 1.29 is 18.8 Å².